The van der Waals surface area contributed by atoms with E-state index in [2.05, 4.69) is 0 Å². The van der Waals surface area contributed by atoms with Crippen molar-refractivity contribution in [1.82, 2.24) is 4.90 Å². The van der Waals surface area contributed by atoms with Crippen molar-refractivity contribution in [3.05, 3.63) is 34.9 Å². The van der Waals surface area contributed by atoms with E-state index in [4.69, 9.17) is 5.73 Å². The van der Waals surface area contributed by atoms with Crippen molar-refractivity contribution < 1.29 is 4.79 Å². The van der Waals surface area contributed by atoms with E-state index in [1.54, 1.807) is 0 Å². The molecule has 2 rings (SSSR count). The molecule has 1 aromatic carbocycles. The zero-order chi connectivity index (χ0) is 12.6. The summed E-state index contributed by atoms with van der Waals surface area (Å²) in [6.45, 7) is 6.78. The Morgan fingerprint density at radius 3 is 2.41 bits per heavy atom. The van der Waals surface area contributed by atoms with Crippen molar-refractivity contribution in [2.45, 2.75) is 39.3 Å². The molecule has 2 atom stereocenters. The molecule has 17 heavy (non-hydrogen) atoms. The van der Waals surface area contributed by atoms with Gasteiger partial charge in [-0.2, -0.15) is 0 Å². The Hall–Kier alpha value is -1.35. The highest BCUT2D eigenvalue weighted by molar-refractivity contribution is 5.97. The number of nitrogens with zero attached hydrogens (tertiary/aromatic N) is 1. The van der Waals surface area contributed by atoms with Crippen molar-refractivity contribution in [3.63, 3.8) is 0 Å². The Kier molecular flexibility index (Phi) is 3.20. The van der Waals surface area contributed by atoms with E-state index in [1.807, 2.05) is 43.9 Å². The fraction of sp³-hybridized carbons (Fsp3) is 0.500. The van der Waals surface area contributed by atoms with Gasteiger partial charge in [-0.1, -0.05) is 18.2 Å². The normalized spacial score (nSPS) is 24.1. The lowest BCUT2D eigenvalue weighted by Gasteiger charge is -2.24. The highest BCUT2D eigenvalue weighted by Crippen LogP contribution is 2.22. The van der Waals surface area contributed by atoms with Crippen LogP contribution in [0.4, 0.5) is 0 Å². The fourth-order valence-electron chi connectivity index (χ4n) is 2.55. The van der Waals surface area contributed by atoms with E-state index in [-0.39, 0.29) is 18.0 Å². The maximum atomic E-state index is 12.5. The Balaban J connectivity index is 2.32. The van der Waals surface area contributed by atoms with E-state index in [9.17, 15) is 4.79 Å². The van der Waals surface area contributed by atoms with Gasteiger partial charge in [0, 0.05) is 24.2 Å². The number of rotatable bonds is 1. The summed E-state index contributed by atoms with van der Waals surface area (Å²) in [5, 5.41) is 0. The van der Waals surface area contributed by atoms with Crippen molar-refractivity contribution in [2.75, 3.05) is 6.54 Å². The first-order valence-corrected chi connectivity index (χ1v) is 6.15. The summed E-state index contributed by atoms with van der Waals surface area (Å²) in [7, 11) is 0. The first-order chi connectivity index (χ1) is 8.02. The van der Waals surface area contributed by atoms with E-state index >= 15 is 0 Å². The van der Waals surface area contributed by atoms with Gasteiger partial charge in [0.05, 0.1) is 0 Å². The van der Waals surface area contributed by atoms with Gasteiger partial charge in [0.25, 0.3) is 5.91 Å². The van der Waals surface area contributed by atoms with Crippen LogP contribution in [0.15, 0.2) is 18.2 Å². The summed E-state index contributed by atoms with van der Waals surface area (Å²) in [5.41, 5.74) is 8.90. The molecule has 1 heterocycles. The Morgan fingerprint density at radius 1 is 1.35 bits per heavy atom. The predicted octanol–water partition coefficient (Wildman–Crippen LogP) is 1.87. The van der Waals surface area contributed by atoms with Crippen LogP contribution in [0.1, 0.15) is 34.8 Å². The summed E-state index contributed by atoms with van der Waals surface area (Å²) in [4.78, 5) is 14.4. The van der Waals surface area contributed by atoms with Crippen LogP contribution < -0.4 is 5.73 Å². The van der Waals surface area contributed by atoms with Crippen molar-refractivity contribution in [1.29, 1.82) is 0 Å². The van der Waals surface area contributed by atoms with Gasteiger partial charge in [-0.15, -0.1) is 0 Å². The number of carbonyl (C=O) groups is 1. The van der Waals surface area contributed by atoms with Crippen molar-refractivity contribution >= 4 is 5.91 Å². The summed E-state index contributed by atoms with van der Waals surface area (Å²) in [6, 6.07) is 6.22. The van der Waals surface area contributed by atoms with Crippen LogP contribution >= 0.6 is 0 Å². The number of carbonyl (C=O) groups excluding carboxylic acids is 1. The summed E-state index contributed by atoms with van der Waals surface area (Å²) < 4.78 is 0. The van der Waals surface area contributed by atoms with Gasteiger partial charge >= 0.3 is 0 Å². The number of nitrogens with two attached hydrogens (primary N) is 1. The monoisotopic (exact) mass is 232 g/mol. The standard InChI is InChI=1S/C14H20N2O/c1-9-5-4-6-10(2)13(9)14(17)16-8-7-12(15)11(16)3/h4-6,11-12H,7-8,15H2,1-3H3. The van der Waals surface area contributed by atoms with Crippen LogP contribution in [0.2, 0.25) is 0 Å². The Bertz CT molecular complexity index is 422. The maximum absolute atomic E-state index is 12.5. The van der Waals surface area contributed by atoms with Crippen LogP contribution in [0.3, 0.4) is 0 Å². The average Bonchev–Trinajstić information content (AvgIpc) is 2.59. The second-order valence-electron chi connectivity index (χ2n) is 4.96. The van der Waals surface area contributed by atoms with Gasteiger partial charge in [-0.05, 0) is 38.3 Å². The first kappa shape index (κ1) is 12.1. The van der Waals surface area contributed by atoms with Gasteiger partial charge in [0.15, 0.2) is 0 Å². The SMILES string of the molecule is Cc1cccc(C)c1C(=O)N1CCC(N)C1C. The molecule has 0 bridgehead atoms. The second kappa shape index (κ2) is 4.49. The number of hydrogen-bond donors (Lipinski definition) is 1. The molecule has 3 heteroatoms. The highest BCUT2D eigenvalue weighted by Gasteiger charge is 2.32. The van der Waals surface area contributed by atoms with Gasteiger partial charge in [0.2, 0.25) is 0 Å². The zero-order valence-electron chi connectivity index (χ0n) is 10.7. The minimum absolute atomic E-state index is 0.114. The van der Waals surface area contributed by atoms with Gasteiger partial charge in [-0.3, -0.25) is 4.79 Å². The Morgan fingerprint density at radius 2 is 1.94 bits per heavy atom. The average molecular weight is 232 g/mol. The molecule has 3 nitrogen and oxygen atoms in total. The van der Waals surface area contributed by atoms with Crippen LogP contribution in [0.5, 0.6) is 0 Å². The quantitative estimate of drug-likeness (QED) is 0.803. The molecule has 1 aromatic rings. The van der Waals surface area contributed by atoms with Crippen LogP contribution in [-0.2, 0) is 0 Å². The first-order valence-electron chi connectivity index (χ1n) is 6.15. The van der Waals surface area contributed by atoms with Crippen molar-refractivity contribution in [2.24, 2.45) is 5.73 Å². The molecule has 0 saturated carbocycles. The van der Waals surface area contributed by atoms with Gasteiger partial charge in [-0.25, -0.2) is 0 Å². The zero-order valence-corrected chi connectivity index (χ0v) is 10.7. The van der Waals surface area contributed by atoms with Gasteiger partial charge in [0.1, 0.15) is 0 Å². The molecular formula is C14H20N2O. The highest BCUT2D eigenvalue weighted by atomic mass is 16.2. The second-order valence-corrected chi connectivity index (χ2v) is 4.96. The maximum Gasteiger partial charge on any atom is 0.254 e. The lowest BCUT2D eigenvalue weighted by atomic mass is 10.0. The van der Waals surface area contributed by atoms with Crippen LogP contribution in [0.25, 0.3) is 0 Å². The molecule has 0 aliphatic carbocycles. The molecule has 92 valence electrons. The largest absolute Gasteiger partial charge is 0.334 e. The molecule has 2 unspecified atom stereocenters. The molecule has 1 aliphatic rings. The number of hydrogen-bond acceptors (Lipinski definition) is 2. The molecular weight excluding hydrogens is 212 g/mol. The number of benzene rings is 1. The fourth-order valence-corrected chi connectivity index (χ4v) is 2.55. The third-order valence-electron chi connectivity index (χ3n) is 3.77. The molecule has 0 radical (unpaired) electrons. The molecule has 1 aliphatic heterocycles. The van der Waals surface area contributed by atoms with Crippen LogP contribution in [-0.4, -0.2) is 29.4 Å². The van der Waals surface area contributed by atoms with E-state index in [0.29, 0.717) is 0 Å². The number of amides is 1. The molecule has 1 amide bonds. The minimum atomic E-state index is 0.114. The third kappa shape index (κ3) is 2.07. The lowest BCUT2D eigenvalue weighted by molar-refractivity contribution is 0.0741. The number of likely N-dealkylation sites (tertiary alicyclic amines) is 1. The topological polar surface area (TPSA) is 46.3 Å². The number of aryl methyl sites for hydroxylation is 2. The van der Waals surface area contributed by atoms with Gasteiger partial charge < -0.3 is 10.6 Å². The third-order valence-corrected chi connectivity index (χ3v) is 3.77. The summed E-state index contributed by atoms with van der Waals surface area (Å²) in [5.74, 6) is 0.126. The summed E-state index contributed by atoms with van der Waals surface area (Å²) >= 11 is 0. The molecule has 0 aromatic heterocycles. The predicted molar refractivity (Wildman–Crippen MR) is 69.0 cm³/mol. The molecule has 0 spiro atoms. The molecule has 1 saturated heterocycles. The molecule has 2 N–H and O–H groups in total. The smallest absolute Gasteiger partial charge is 0.254 e. The molecule has 1 fully saturated rings. The van der Waals surface area contributed by atoms with Crippen LogP contribution in [0, 0.1) is 13.8 Å². The minimum Gasteiger partial charge on any atom is -0.334 e. The lowest BCUT2D eigenvalue weighted by Crippen LogP contribution is -2.40. The Labute approximate surface area is 103 Å². The van der Waals surface area contributed by atoms with E-state index < -0.39 is 0 Å². The van der Waals surface area contributed by atoms with Crippen molar-refractivity contribution in [3.8, 4) is 0 Å². The van der Waals surface area contributed by atoms with E-state index in [1.165, 1.54) is 0 Å². The summed E-state index contributed by atoms with van der Waals surface area (Å²) in [6.07, 6.45) is 0.901. The van der Waals surface area contributed by atoms with E-state index in [0.717, 1.165) is 29.7 Å².